The molecule has 0 spiro atoms. The summed E-state index contributed by atoms with van der Waals surface area (Å²) in [5.74, 6) is 0.310. The van der Waals surface area contributed by atoms with E-state index in [0.717, 1.165) is 37.0 Å². The van der Waals surface area contributed by atoms with Crippen LogP contribution >= 0.6 is 27.5 Å². The van der Waals surface area contributed by atoms with Gasteiger partial charge in [0.15, 0.2) is 5.88 Å². The number of benzene rings is 2. The number of rotatable bonds is 2. The Hall–Kier alpha value is -1.45. The Morgan fingerprint density at radius 3 is 2.62 bits per heavy atom. The zero-order valence-corrected chi connectivity index (χ0v) is 14.2. The molecule has 0 atom stereocenters. The summed E-state index contributed by atoms with van der Waals surface area (Å²) in [7, 11) is 0. The SMILES string of the molecule is Cc1cc(Cl)ccc1Cn1cc2cc(Br)cc(C)c2c1O. The fourth-order valence-electron chi connectivity index (χ4n) is 2.69. The number of hydrogen-bond acceptors (Lipinski definition) is 1. The fraction of sp³-hybridized carbons (Fsp3) is 0.176. The van der Waals surface area contributed by atoms with Crippen LogP contribution in [0.2, 0.25) is 5.02 Å². The summed E-state index contributed by atoms with van der Waals surface area (Å²) in [4.78, 5) is 0. The fourth-order valence-corrected chi connectivity index (χ4v) is 3.51. The first-order valence-electron chi connectivity index (χ1n) is 6.68. The monoisotopic (exact) mass is 363 g/mol. The Balaban J connectivity index is 2.09. The third-order valence-corrected chi connectivity index (χ3v) is 4.46. The van der Waals surface area contributed by atoms with Crippen molar-refractivity contribution in [3.8, 4) is 5.88 Å². The molecule has 0 saturated heterocycles. The minimum atomic E-state index is 0.310. The summed E-state index contributed by atoms with van der Waals surface area (Å²) >= 11 is 9.49. The molecular weight excluding hydrogens is 350 g/mol. The lowest BCUT2D eigenvalue weighted by molar-refractivity contribution is 0.430. The molecule has 0 aliphatic carbocycles. The average molecular weight is 365 g/mol. The van der Waals surface area contributed by atoms with E-state index in [0.29, 0.717) is 12.4 Å². The van der Waals surface area contributed by atoms with E-state index in [2.05, 4.69) is 15.9 Å². The van der Waals surface area contributed by atoms with Crippen LogP contribution in [0.3, 0.4) is 0 Å². The van der Waals surface area contributed by atoms with Crippen LogP contribution in [0, 0.1) is 13.8 Å². The van der Waals surface area contributed by atoms with Gasteiger partial charge in [-0.1, -0.05) is 33.6 Å². The highest BCUT2D eigenvalue weighted by Gasteiger charge is 2.12. The second-order valence-electron chi connectivity index (χ2n) is 5.34. The van der Waals surface area contributed by atoms with Crippen LogP contribution in [-0.2, 0) is 6.54 Å². The Morgan fingerprint density at radius 2 is 1.90 bits per heavy atom. The van der Waals surface area contributed by atoms with Crippen molar-refractivity contribution in [2.75, 3.05) is 0 Å². The molecule has 0 amide bonds. The zero-order valence-electron chi connectivity index (χ0n) is 11.8. The molecule has 1 N–H and O–H groups in total. The number of aromatic nitrogens is 1. The number of halogens is 2. The molecule has 2 aromatic carbocycles. The van der Waals surface area contributed by atoms with Crippen molar-refractivity contribution in [2.24, 2.45) is 0 Å². The molecule has 1 aromatic heterocycles. The van der Waals surface area contributed by atoms with Gasteiger partial charge in [0.05, 0.1) is 6.54 Å². The molecule has 2 nitrogen and oxygen atoms in total. The third-order valence-electron chi connectivity index (χ3n) is 3.77. The molecule has 3 rings (SSSR count). The van der Waals surface area contributed by atoms with Crippen molar-refractivity contribution in [1.29, 1.82) is 0 Å². The predicted octanol–water partition coefficient (Wildman–Crippen LogP) is 5.43. The van der Waals surface area contributed by atoms with Gasteiger partial charge in [-0.25, -0.2) is 0 Å². The third kappa shape index (κ3) is 2.68. The first-order chi connectivity index (χ1) is 9.95. The Bertz CT molecular complexity index is 838. The van der Waals surface area contributed by atoms with Crippen molar-refractivity contribution in [3.63, 3.8) is 0 Å². The van der Waals surface area contributed by atoms with E-state index in [4.69, 9.17) is 11.6 Å². The van der Waals surface area contributed by atoms with E-state index in [1.165, 1.54) is 0 Å². The molecular formula is C17H15BrClNO. The van der Waals surface area contributed by atoms with E-state index in [9.17, 15) is 5.11 Å². The smallest absolute Gasteiger partial charge is 0.199 e. The molecule has 108 valence electrons. The van der Waals surface area contributed by atoms with Crippen LogP contribution < -0.4 is 0 Å². The number of aromatic hydroxyl groups is 1. The van der Waals surface area contributed by atoms with Crippen molar-refractivity contribution in [2.45, 2.75) is 20.4 Å². The van der Waals surface area contributed by atoms with Gasteiger partial charge in [-0.05, 0) is 54.8 Å². The topological polar surface area (TPSA) is 25.2 Å². The second kappa shape index (κ2) is 5.39. The molecule has 0 unspecified atom stereocenters. The standard InChI is InChI=1S/C17H15BrClNO/c1-10-6-15(19)4-3-12(10)8-20-9-13-7-14(18)5-11(2)16(13)17(20)21/h3-7,9,21H,8H2,1-2H3. The highest BCUT2D eigenvalue weighted by Crippen LogP contribution is 2.33. The Labute approximate surface area is 137 Å². The molecule has 0 saturated carbocycles. The van der Waals surface area contributed by atoms with Gasteiger partial charge in [0.1, 0.15) is 0 Å². The van der Waals surface area contributed by atoms with Crippen LogP contribution in [0.4, 0.5) is 0 Å². The number of hydrogen-bond donors (Lipinski definition) is 1. The van der Waals surface area contributed by atoms with Crippen LogP contribution in [0.25, 0.3) is 10.8 Å². The highest BCUT2D eigenvalue weighted by molar-refractivity contribution is 9.10. The lowest BCUT2D eigenvalue weighted by Gasteiger charge is -2.09. The summed E-state index contributed by atoms with van der Waals surface area (Å²) in [5, 5.41) is 13.2. The maximum absolute atomic E-state index is 10.5. The maximum atomic E-state index is 10.5. The minimum Gasteiger partial charge on any atom is -0.494 e. The summed E-state index contributed by atoms with van der Waals surface area (Å²) in [6, 6.07) is 9.86. The summed E-state index contributed by atoms with van der Waals surface area (Å²) < 4.78 is 2.90. The molecule has 0 bridgehead atoms. The number of fused-ring (bicyclic) bond motifs is 1. The molecule has 1 heterocycles. The summed E-state index contributed by atoms with van der Waals surface area (Å²) in [6.07, 6.45) is 1.98. The maximum Gasteiger partial charge on any atom is 0.199 e. The zero-order chi connectivity index (χ0) is 15.1. The summed E-state index contributed by atoms with van der Waals surface area (Å²) in [6.45, 7) is 4.66. The van der Waals surface area contributed by atoms with Gasteiger partial charge in [0, 0.05) is 26.5 Å². The average Bonchev–Trinajstić information content (AvgIpc) is 2.69. The van der Waals surface area contributed by atoms with E-state index in [-0.39, 0.29) is 0 Å². The van der Waals surface area contributed by atoms with Crippen molar-refractivity contribution < 1.29 is 5.11 Å². The molecule has 0 fully saturated rings. The first kappa shape index (κ1) is 14.5. The van der Waals surface area contributed by atoms with Crippen molar-refractivity contribution in [1.82, 2.24) is 4.57 Å². The van der Waals surface area contributed by atoms with Crippen LogP contribution in [0.15, 0.2) is 41.0 Å². The van der Waals surface area contributed by atoms with E-state index < -0.39 is 0 Å². The number of nitrogens with zero attached hydrogens (tertiary/aromatic N) is 1. The van der Waals surface area contributed by atoms with E-state index in [1.807, 2.05) is 54.9 Å². The molecule has 0 radical (unpaired) electrons. The predicted molar refractivity (Wildman–Crippen MR) is 91.3 cm³/mol. The van der Waals surface area contributed by atoms with E-state index in [1.54, 1.807) is 0 Å². The Morgan fingerprint density at radius 1 is 1.14 bits per heavy atom. The molecule has 3 aromatic rings. The molecule has 0 aliphatic rings. The largest absolute Gasteiger partial charge is 0.494 e. The normalized spacial score (nSPS) is 11.2. The van der Waals surface area contributed by atoms with Gasteiger partial charge in [-0.2, -0.15) is 0 Å². The van der Waals surface area contributed by atoms with Gasteiger partial charge in [-0.3, -0.25) is 0 Å². The quantitative estimate of drug-likeness (QED) is 0.644. The van der Waals surface area contributed by atoms with Crippen LogP contribution in [0.5, 0.6) is 5.88 Å². The van der Waals surface area contributed by atoms with Gasteiger partial charge >= 0.3 is 0 Å². The molecule has 0 aliphatic heterocycles. The second-order valence-corrected chi connectivity index (χ2v) is 6.69. The lowest BCUT2D eigenvalue weighted by atomic mass is 10.1. The van der Waals surface area contributed by atoms with Gasteiger partial charge in [0.2, 0.25) is 0 Å². The number of aryl methyl sites for hydroxylation is 2. The van der Waals surface area contributed by atoms with Crippen molar-refractivity contribution >= 4 is 38.3 Å². The molecule has 4 heteroatoms. The van der Waals surface area contributed by atoms with Gasteiger partial charge < -0.3 is 9.67 Å². The first-order valence-corrected chi connectivity index (χ1v) is 7.86. The van der Waals surface area contributed by atoms with Gasteiger partial charge in [-0.15, -0.1) is 0 Å². The van der Waals surface area contributed by atoms with Crippen molar-refractivity contribution in [3.05, 3.63) is 62.7 Å². The van der Waals surface area contributed by atoms with Gasteiger partial charge in [0.25, 0.3) is 0 Å². The summed E-state index contributed by atoms with van der Waals surface area (Å²) in [5.41, 5.74) is 3.33. The molecule has 21 heavy (non-hydrogen) atoms. The van der Waals surface area contributed by atoms with Crippen LogP contribution in [0.1, 0.15) is 16.7 Å². The van der Waals surface area contributed by atoms with Crippen LogP contribution in [-0.4, -0.2) is 9.67 Å². The lowest BCUT2D eigenvalue weighted by Crippen LogP contribution is -1.99. The van der Waals surface area contributed by atoms with E-state index >= 15 is 0 Å². The Kier molecular flexibility index (Phi) is 3.72. The minimum absolute atomic E-state index is 0.310. The highest BCUT2D eigenvalue weighted by atomic mass is 79.9.